The largest absolute Gasteiger partial charge is 0.276 e. The van der Waals surface area contributed by atoms with E-state index < -0.39 is 0 Å². The Hall–Kier alpha value is -2.01. The van der Waals surface area contributed by atoms with Crippen LogP contribution in [0.15, 0.2) is 29.6 Å². The maximum atomic E-state index is 10.8. The van der Waals surface area contributed by atoms with Gasteiger partial charge in [0.2, 0.25) is 0 Å². The number of rotatable bonds is 3. The molecule has 0 aliphatic rings. The third-order valence-electron chi connectivity index (χ3n) is 2.18. The summed E-state index contributed by atoms with van der Waals surface area (Å²) in [5.41, 5.74) is 1.65. The number of benzene rings is 1. The van der Waals surface area contributed by atoms with Crippen LogP contribution in [0, 0.1) is 17.0 Å². The van der Waals surface area contributed by atoms with Gasteiger partial charge in [0.1, 0.15) is 5.01 Å². The van der Waals surface area contributed by atoms with Gasteiger partial charge in [-0.25, -0.2) is 4.98 Å². The minimum atomic E-state index is -0.382. The van der Waals surface area contributed by atoms with E-state index in [4.69, 9.17) is 0 Å². The normalized spacial score (nSPS) is 10.9. The van der Waals surface area contributed by atoms with Gasteiger partial charge in [-0.1, -0.05) is 12.1 Å². The molecule has 1 aromatic heterocycles. The standard InChI is InChI=1S/C12H10N2O2S/c1-9-8-17-12(13-9)7-6-10-4-2-3-5-11(10)14(15)16/h2-8H,1H3/b7-6+. The molecule has 1 aromatic carbocycles. The highest BCUT2D eigenvalue weighted by atomic mass is 32.1. The summed E-state index contributed by atoms with van der Waals surface area (Å²) >= 11 is 1.52. The smallest absolute Gasteiger partial charge is 0.258 e. The van der Waals surface area contributed by atoms with Crippen LogP contribution in [0.2, 0.25) is 0 Å². The van der Waals surface area contributed by atoms with E-state index >= 15 is 0 Å². The maximum Gasteiger partial charge on any atom is 0.276 e. The molecule has 0 spiro atoms. The lowest BCUT2D eigenvalue weighted by molar-refractivity contribution is -0.385. The van der Waals surface area contributed by atoms with Crippen molar-refractivity contribution in [2.45, 2.75) is 6.92 Å². The Bertz CT molecular complexity index is 575. The molecule has 0 fully saturated rings. The average molecular weight is 246 g/mol. The van der Waals surface area contributed by atoms with E-state index in [-0.39, 0.29) is 10.6 Å². The van der Waals surface area contributed by atoms with Crippen molar-refractivity contribution in [3.63, 3.8) is 0 Å². The van der Waals surface area contributed by atoms with E-state index in [2.05, 4.69) is 4.98 Å². The van der Waals surface area contributed by atoms with Crippen molar-refractivity contribution in [3.8, 4) is 0 Å². The molecule has 0 atom stereocenters. The monoisotopic (exact) mass is 246 g/mol. The molecule has 2 aromatic rings. The molecule has 0 unspecified atom stereocenters. The number of para-hydroxylation sites is 1. The zero-order chi connectivity index (χ0) is 12.3. The van der Waals surface area contributed by atoms with Gasteiger partial charge in [-0.15, -0.1) is 11.3 Å². The summed E-state index contributed by atoms with van der Waals surface area (Å²) < 4.78 is 0. The highest BCUT2D eigenvalue weighted by molar-refractivity contribution is 7.10. The minimum Gasteiger partial charge on any atom is -0.258 e. The molecule has 5 heteroatoms. The molecule has 4 nitrogen and oxygen atoms in total. The van der Waals surface area contributed by atoms with Crippen molar-refractivity contribution >= 4 is 29.2 Å². The summed E-state index contributed by atoms with van der Waals surface area (Å²) in [5.74, 6) is 0. The SMILES string of the molecule is Cc1csc(/C=C/c2ccccc2[N+](=O)[O-])n1. The summed E-state index contributed by atoms with van der Waals surface area (Å²) in [4.78, 5) is 14.7. The van der Waals surface area contributed by atoms with E-state index in [9.17, 15) is 10.1 Å². The Morgan fingerprint density at radius 2 is 2.12 bits per heavy atom. The van der Waals surface area contributed by atoms with Crippen LogP contribution in [0.3, 0.4) is 0 Å². The fraction of sp³-hybridized carbons (Fsp3) is 0.0833. The number of hydrogen-bond donors (Lipinski definition) is 0. The summed E-state index contributed by atoms with van der Waals surface area (Å²) in [6, 6.07) is 6.64. The molecule has 0 radical (unpaired) electrons. The molecule has 17 heavy (non-hydrogen) atoms. The van der Waals surface area contributed by atoms with E-state index in [1.54, 1.807) is 30.4 Å². The first-order valence-electron chi connectivity index (χ1n) is 5.00. The summed E-state index contributed by atoms with van der Waals surface area (Å²) in [7, 11) is 0. The van der Waals surface area contributed by atoms with Gasteiger partial charge in [0, 0.05) is 17.1 Å². The van der Waals surface area contributed by atoms with Crippen LogP contribution in [-0.4, -0.2) is 9.91 Å². The van der Waals surface area contributed by atoms with Gasteiger partial charge in [0.05, 0.1) is 10.5 Å². The number of thiazole rings is 1. The first-order valence-corrected chi connectivity index (χ1v) is 5.88. The fourth-order valence-electron chi connectivity index (χ4n) is 1.40. The first kappa shape index (κ1) is 11.5. The van der Waals surface area contributed by atoms with Crippen molar-refractivity contribution in [3.05, 3.63) is 56.0 Å². The Balaban J connectivity index is 2.30. The summed E-state index contributed by atoms with van der Waals surface area (Å²) in [5, 5.41) is 13.6. The second-order valence-electron chi connectivity index (χ2n) is 3.48. The molecule has 0 N–H and O–H groups in total. The predicted molar refractivity (Wildman–Crippen MR) is 68.9 cm³/mol. The zero-order valence-electron chi connectivity index (χ0n) is 9.16. The number of nitro benzene ring substituents is 1. The van der Waals surface area contributed by atoms with Gasteiger partial charge >= 0.3 is 0 Å². The molecular formula is C12H10N2O2S. The van der Waals surface area contributed by atoms with Crippen molar-refractivity contribution in [2.75, 3.05) is 0 Å². The predicted octanol–water partition coefficient (Wildman–Crippen LogP) is 3.53. The zero-order valence-corrected chi connectivity index (χ0v) is 9.98. The van der Waals surface area contributed by atoms with Crippen molar-refractivity contribution in [1.29, 1.82) is 0 Å². The average Bonchev–Trinajstić information content (AvgIpc) is 2.73. The van der Waals surface area contributed by atoms with Crippen LogP contribution in [0.1, 0.15) is 16.3 Å². The second kappa shape index (κ2) is 4.88. The Kier molecular flexibility index (Phi) is 3.30. The van der Waals surface area contributed by atoms with Gasteiger partial charge in [-0.05, 0) is 25.1 Å². The molecule has 0 aliphatic heterocycles. The van der Waals surface area contributed by atoms with Crippen molar-refractivity contribution in [2.24, 2.45) is 0 Å². The second-order valence-corrected chi connectivity index (χ2v) is 4.37. The highest BCUT2D eigenvalue weighted by Gasteiger charge is 2.09. The van der Waals surface area contributed by atoms with Gasteiger partial charge in [-0.2, -0.15) is 0 Å². The molecular weight excluding hydrogens is 236 g/mol. The van der Waals surface area contributed by atoms with E-state index in [1.807, 2.05) is 12.3 Å². The van der Waals surface area contributed by atoms with Gasteiger partial charge in [0.15, 0.2) is 0 Å². The van der Waals surface area contributed by atoms with Crippen LogP contribution in [0.5, 0.6) is 0 Å². The molecule has 0 amide bonds. The molecule has 86 valence electrons. The minimum absolute atomic E-state index is 0.108. The number of aromatic nitrogens is 1. The van der Waals surface area contributed by atoms with E-state index in [0.29, 0.717) is 5.56 Å². The summed E-state index contributed by atoms with van der Waals surface area (Å²) in [6.45, 7) is 1.92. The van der Waals surface area contributed by atoms with Crippen LogP contribution >= 0.6 is 11.3 Å². The fourth-order valence-corrected chi connectivity index (χ4v) is 2.09. The molecule has 0 aliphatic carbocycles. The molecule has 0 saturated carbocycles. The molecule has 2 rings (SSSR count). The molecule has 0 bridgehead atoms. The van der Waals surface area contributed by atoms with Crippen LogP contribution in [0.25, 0.3) is 12.2 Å². The lowest BCUT2D eigenvalue weighted by atomic mass is 10.1. The van der Waals surface area contributed by atoms with Crippen LogP contribution in [0.4, 0.5) is 5.69 Å². The van der Waals surface area contributed by atoms with Crippen LogP contribution < -0.4 is 0 Å². The lowest BCUT2D eigenvalue weighted by Crippen LogP contribution is -1.90. The Morgan fingerprint density at radius 1 is 1.35 bits per heavy atom. The van der Waals surface area contributed by atoms with Gasteiger partial charge in [0.25, 0.3) is 5.69 Å². The first-order chi connectivity index (χ1) is 8.16. The molecule has 1 heterocycles. The Labute approximate surface area is 102 Å². The van der Waals surface area contributed by atoms with E-state index in [1.165, 1.54) is 17.4 Å². The van der Waals surface area contributed by atoms with Gasteiger partial charge < -0.3 is 0 Å². The Morgan fingerprint density at radius 3 is 2.76 bits per heavy atom. The number of nitrogens with zero attached hydrogens (tertiary/aromatic N) is 2. The number of aryl methyl sites for hydroxylation is 1. The topological polar surface area (TPSA) is 56.0 Å². The lowest BCUT2D eigenvalue weighted by Gasteiger charge is -1.95. The van der Waals surface area contributed by atoms with Crippen molar-refractivity contribution in [1.82, 2.24) is 4.98 Å². The number of hydrogen-bond acceptors (Lipinski definition) is 4. The third kappa shape index (κ3) is 2.76. The van der Waals surface area contributed by atoms with E-state index in [0.717, 1.165) is 10.7 Å². The maximum absolute atomic E-state index is 10.8. The number of nitro groups is 1. The quantitative estimate of drug-likeness (QED) is 0.615. The summed E-state index contributed by atoms with van der Waals surface area (Å²) in [6.07, 6.45) is 3.51. The third-order valence-corrected chi connectivity index (χ3v) is 3.10. The molecule has 0 saturated heterocycles. The van der Waals surface area contributed by atoms with Crippen molar-refractivity contribution < 1.29 is 4.92 Å². The highest BCUT2D eigenvalue weighted by Crippen LogP contribution is 2.21. The van der Waals surface area contributed by atoms with Crippen LogP contribution in [-0.2, 0) is 0 Å². The van der Waals surface area contributed by atoms with Gasteiger partial charge in [-0.3, -0.25) is 10.1 Å².